The normalized spacial score (nSPS) is 19.7. The third-order valence-corrected chi connectivity index (χ3v) is 6.08. The molecule has 1 fully saturated rings. The van der Waals surface area contributed by atoms with E-state index in [9.17, 15) is 10.1 Å². The molecule has 0 bridgehead atoms. The number of hydrogen-bond donors (Lipinski definition) is 0. The number of allylic oxidation sites excluding steroid dienone is 4. The van der Waals surface area contributed by atoms with E-state index >= 15 is 0 Å². The van der Waals surface area contributed by atoms with Gasteiger partial charge < -0.3 is 23.7 Å². The smallest absolute Gasteiger partial charge is 0.345 e. The Morgan fingerprint density at radius 2 is 2.06 bits per heavy atom. The molecule has 2 aromatic rings. The minimum atomic E-state index is -0.436. The minimum absolute atomic E-state index is 0.0209. The molecule has 1 aromatic carbocycles. The maximum atomic E-state index is 11.8. The summed E-state index contributed by atoms with van der Waals surface area (Å²) in [4.78, 5) is 20.0. The van der Waals surface area contributed by atoms with Crippen LogP contribution in [-0.2, 0) is 9.47 Å². The maximum Gasteiger partial charge on any atom is 0.345 e. The van der Waals surface area contributed by atoms with Crippen molar-refractivity contribution in [3.63, 3.8) is 0 Å². The molecule has 3 heterocycles. The van der Waals surface area contributed by atoms with E-state index in [1.165, 1.54) is 5.57 Å². The predicted molar refractivity (Wildman–Crippen MR) is 129 cm³/mol. The first kappa shape index (κ1) is 22.8. The average molecular weight is 479 g/mol. The first-order valence-corrected chi connectivity index (χ1v) is 11.5. The Hall–Kier alpha value is -3.99. The zero-order valence-corrected chi connectivity index (χ0v) is 19.4. The second kappa shape index (κ2) is 10.1. The second-order valence-electron chi connectivity index (χ2n) is 8.61. The molecule has 0 unspecified atom stereocenters. The van der Waals surface area contributed by atoms with Gasteiger partial charge in [-0.25, -0.2) is 0 Å². The number of piperazine rings is 1. The molecule has 1 aliphatic carbocycles. The summed E-state index contributed by atoms with van der Waals surface area (Å²) in [7, 11) is 2.06. The Bertz CT molecular complexity index is 1220. The molecule has 0 radical (unpaired) electrons. The van der Waals surface area contributed by atoms with Gasteiger partial charge in [-0.2, -0.15) is 4.99 Å². The van der Waals surface area contributed by atoms with Crippen molar-refractivity contribution in [3.05, 3.63) is 64.1 Å². The van der Waals surface area contributed by atoms with Gasteiger partial charge in [0.2, 0.25) is 5.90 Å². The van der Waals surface area contributed by atoms with E-state index in [1.807, 2.05) is 12.1 Å². The van der Waals surface area contributed by atoms with Gasteiger partial charge in [0.05, 0.1) is 4.92 Å². The van der Waals surface area contributed by atoms with E-state index in [0.717, 1.165) is 44.7 Å². The fraction of sp³-hybridized carbons (Fsp3) is 0.375. The molecule has 0 amide bonds. The number of aromatic nitrogens is 2. The third-order valence-electron chi connectivity index (χ3n) is 6.08. The van der Waals surface area contributed by atoms with Crippen molar-refractivity contribution in [1.29, 1.82) is 0 Å². The van der Waals surface area contributed by atoms with Crippen LogP contribution in [0.4, 0.5) is 17.4 Å². The lowest BCUT2D eigenvalue weighted by Gasteiger charge is -2.33. The molecule has 2 aliphatic heterocycles. The van der Waals surface area contributed by atoms with Gasteiger partial charge in [0, 0.05) is 44.4 Å². The lowest BCUT2D eigenvalue weighted by Crippen LogP contribution is -2.44. The van der Waals surface area contributed by atoms with Crippen LogP contribution in [0.15, 0.2) is 63.4 Å². The first-order chi connectivity index (χ1) is 17.0. The number of anilines is 1. The van der Waals surface area contributed by atoms with Gasteiger partial charge in [-0.3, -0.25) is 10.1 Å². The summed E-state index contributed by atoms with van der Waals surface area (Å²) in [6.45, 7) is 3.55. The van der Waals surface area contributed by atoms with E-state index in [-0.39, 0.29) is 35.7 Å². The van der Waals surface area contributed by atoms with Crippen molar-refractivity contribution >= 4 is 23.3 Å². The minimum Gasteiger partial charge on any atom is -0.488 e. The maximum absolute atomic E-state index is 11.8. The summed E-state index contributed by atoms with van der Waals surface area (Å²) < 4.78 is 17.0. The molecule has 1 aromatic heterocycles. The van der Waals surface area contributed by atoms with Gasteiger partial charge in [-0.1, -0.05) is 28.9 Å². The SMILES string of the molecule is CN1CCN(c2ccc(-c3nnc(N=C4COC=C(CC5=CC=CCC5)O4)o3)c([N+](=O)[O-])c2)CC1. The van der Waals surface area contributed by atoms with Gasteiger partial charge in [-0.05, 0) is 32.0 Å². The van der Waals surface area contributed by atoms with Crippen LogP contribution in [0.1, 0.15) is 19.3 Å². The quantitative estimate of drug-likeness (QED) is 0.448. The van der Waals surface area contributed by atoms with Gasteiger partial charge in [0.15, 0.2) is 6.61 Å². The van der Waals surface area contributed by atoms with E-state index in [4.69, 9.17) is 13.9 Å². The highest BCUT2D eigenvalue weighted by molar-refractivity contribution is 5.81. The summed E-state index contributed by atoms with van der Waals surface area (Å²) in [5.41, 5.74) is 2.19. The highest BCUT2D eigenvalue weighted by Gasteiger charge is 2.24. The Kier molecular flexibility index (Phi) is 6.57. The molecule has 0 spiro atoms. The van der Waals surface area contributed by atoms with Gasteiger partial charge in [0.1, 0.15) is 17.6 Å². The van der Waals surface area contributed by atoms with Gasteiger partial charge >= 0.3 is 6.01 Å². The molecule has 5 rings (SSSR count). The van der Waals surface area contributed by atoms with Crippen molar-refractivity contribution in [1.82, 2.24) is 15.1 Å². The lowest BCUT2D eigenvalue weighted by molar-refractivity contribution is -0.384. The highest BCUT2D eigenvalue weighted by Crippen LogP contribution is 2.34. The monoisotopic (exact) mass is 478 g/mol. The zero-order valence-electron chi connectivity index (χ0n) is 19.4. The Morgan fingerprint density at radius 3 is 2.83 bits per heavy atom. The lowest BCUT2D eigenvalue weighted by atomic mass is 10.0. The number of nitrogens with zero attached hydrogens (tertiary/aromatic N) is 6. The molecule has 182 valence electrons. The second-order valence-corrected chi connectivity index (χ2v) is 8.61. The zero-order chi connectivity index (χ0) is 24.2. The van der Waals surface area contributed by atoms with Crippen LogP contribution in [0.5, 0.6) is 0 Å². The van der Waals surface area contributed by atoms with Crippen molar-refractivity contribution in [3.8, 4) is 11.5 Å². The van der Waals surface area contributed by atoms with Crippen LogP contribution in [0.2, 0.25) is 0 Å². The topological polar surface area (TPSA) is 119 Å². The van der Waals surface area contributed by atoms with Crippen LogP contribution in [0, 0.1) is 10.1 Å². The molecule has 0 atom stereocenters. The fourth-order valence-corrected chi connectivity index (χ4v) is 4.16. The van der Waals surface area contributed by atoms with Crippen LogP contribution in [0.3, 0.4) is 0 Å². The summed E-state index contributed by atoms with van der Waals surface area (Å²) in [6, 6.07) is 4.98. The van der Waals surface area contributed by atoms with Gasteiger partial charge in [0.25, 0.3) is 11.6 Å². The third kappa shape index (κ3) is 5.40. The number of likely N-dealkylation sites (N-methyl/N-ethyl adjacent to an activating group) is 1. The summed E-state index contributed by atoms with van der Waals surface area (Å²) in [6.07, 6.45) is 10.4. The summed E-state index contributed by atoms with van der Waals surface area (Å²) >= 11 is 0. The fourth-order valence-electron chi connectivity index (χ4n) is 4.16. The Labute approximate surface area is 202 Å². The van der Waals surface area contributed by atoms with E-state index in [0.29, 0.717) is 12.2 Å². The largest absolute Gasteiger partial charge is 0.488 e. The summed E-state index contributed by atoms with van der Waals surface area (Å²) in [5.74, 6) is 0.948. The van der Waals surface area contributed by atoms with Crippen molar-refractivity contribution in [2.24, 2.45) is 4.99 Å². The number of benzene rings is 1. The molecule has 3 aliphatic rings. The number of nitro groups is 1. The van der Waals surface area contributed by atoms with E-state index < -0.39 is 4.92 Å². The first-order valence-electron chi connectivity index (χ1n) is 11.5. The van der Waals surface area contributed by atoms with Crippen molar-refractivity contribution < 1.29 is 18.8 Å². The van der Waals surface area contributed by atoms with Crippen molar-refractivity contribution in [2.45, 2.75) is 19.3 Å². The summed E-state index contributed by atoms with van der Waals surface area (Å²) in [5, 5.41) is 19.7. The molecule has 11 nitrogen and oxygen atoms in total. The molecule has 0 N–H and O–H groups in total. The molecule has 11 heteroatoms. The number of nitro benzene ring substituents is 1. The Balaban J connectivity index is 1.32. The molecule has 0 saturated carbocycles. The molecular weight excluding hydrogens is 452 g/mol. The van der Waals surface area contributed by atoms with E-state index in [1.54, 1.807) is 18.4 Å². The average Bonchev–Trinajstić information content (AvgIpc) is 3.33. The van der Waals surface area contributed by atoms with Gasteiger partial charge in [-0.15, -0.1) is 5.10 Å². The highest BCUT2D eigenvalue weighted by atomic mass is 16.6. The Morgan fingerprint density at radius 1 is 1.20 bits per heavy atom. The van der Waals surface area contributed by atoms with Crippen LogP contribution < -0.4 is 4.90 Å². The van der Waals surface area contributed by atoms with Crippen LogP contribution >= 0.6 is 0 Å². The van der Waals surface area contributed by atoms with Crippen LogP contribution in [0.25, 0.3) is 11.5 Å². The van der Waals surface area contributed by atoms with Crippen molar-refractivity contribution in [2.75, 3.05) is 44.7 Å². The number of ether oxygens (including phenoxy) is 2. The molecular formula is C24H26N6O5. The van der Waals surface area contributed by atoms with E-state index in [2.05, 4.69) is 44.2 Å². The standard InChI is InChI=1S/C24H26N6O5/c1-28-9-11-29(12-10-28)18-7-8-20(21(14-18)30(31)32)23-26-27-24(35-23)25-22-16-33-15-19(34-22)13-17-5-3-2-4-6-17/h2-3,5,7-8,14-15H,4,6,9-13,16H2,1H3. The molecule has 1 saturated heterocycles. The van der Waals surface area contributed by atoms with Crippen LogP contribution in [-0.4, -0.2) is 65.8 Å². The number of aliphatic imine (C=N–C) groups is 1. The molecule has 35 heavy (non-hydrogen) atoms. The predicted octanol–water partition coefficient (Wildman–Crippen LogP) is 3.98. The number of rotatable bonds is 6. The number of hydrogen-bond acceptors (Lipinski definition) is 10.